The number of pyridine rings is 1. The minimum absolute atomic E-state index is 0.0212. The molecule has 6 heteroatoms. The van der Waals surface area contributed by atoms with E-state index in [-0.39, 0.29) is 23.4 Å². The maximum atomic E-state index is 12.4. The fourth-order valence-electron chi connectivity index (χ4n) is 0.970. The maximum Gasteiger partial charge on any atom is 0.265 e. The molecule has 0 fully saturated rings. The van der Waals surface area contributed by atoms with Crippen molar-refractivity contribution < 1.29 is 8.78 Å². The molecule has 72 valence electrons. The molecule has 0 saturated carbocycles. The van der Waals surface area contributed by atoms with Crippen LogP contribution < -0.4 is 11.5 Å². The molecule has 1 heterocycles. The van der Waals surface area contributed by atoms with Crippen LogP contribution in [0.1, 0.15) is 17.6 Å². The van der Waals surface area contributed by atoms with Gasteiger partial charge in [0.1, 0.15) is 4.60 Å². The van der Waals surface area contributed by atoms with Crippen LogP contribution in [0.2, 0.25) is 0 Å². The lowest BCUT2D eigenvalue weighted by atomic mass is 10.1. The van der Waals surface area contributed by atoms with Crippen molar-refractivity contribution in [2.24, 2.45) is 5.73 Å². The molecule has 4 N–H and O–H groups in total. The predicted octanol–water partition coefficient (Wildman–Crippen LogP) is 1.82. The van der Waals surface area contributed by atoms with Gasteiger partial charge in [-0.25, -0.2) is 13.8 Å². The zero-order chi connectivity index (χ0) is 10.0. The molecule has 1 rings (SSSR count). The van der Waals surface area contributed by atoms with Crippen LogP contribution in [0, 0.1) is 0 Å². The summed E-state index contributed by atoms with van der Waals surface area (Å²) >= 11 is 3.03. The van der Waals surface area contributed by atoms with E-state index in [9.17, 15) is 8.78 Å². The van der Waals surface area contributed by atoms with Gasteiger partial charge in [0.05, 0.1) is 5.69 Å². The summed E-state index contributed by atoms with van der Waals surface area (Å²) in [6, 6.07) is 0. The van der Waals surface area contributed by atoms with Crippen molar-refractivity contribution in [3.63, 3.8) is 0 Å². The van der Waals surface area contributed by atoms with Gasteiger partial charge in [-0.05, 0) is 15.9 Å². The first kappa shape index (κ1) is 10.3. The Balaban J connectivity index is 3.30. The molecule has 0 spiro atoms. The largest absolute Gasteiger partial charge is 0.396 e. The summed E-state index contributed by atoms with van der Waals surface area (Å²) in [4.78, 5) is 3.66. The van der Waals surface area contributed by atoms with Gasteiger partial charge >= 0.3 is 0 Å². The molecule has 3 nitrogen and oxygen atoms in total. The van der Waals surface area contributed by atoms with E-state index in [0.717, 1.165) is 6.20 Å². The molecule has 0 unspecified atom stereocenters. The Hall–Kier alpha value is -0.750. The van der Waals surface area contributed by atoms with Crippen LogP contribution in [0.3, 0.4) is 0 Å². The summed E-state index contributed by atoms with van der Waals surface area (Å²) in [6.45, 7) is -0.0212. The van der Waals surface area contributed by atoms with Gasteiger partial charge in [0.25, 0.3) is 6.43 Å². The highest BCUT2D eigenvalue weighted by Crippen LogP contribution is 2.29. The highest BCUT2D eigenvalue weighted by atomic mass is 79.9. The van der Waals surface area contributed by atoms with Gasteiger partial charge in [-0.2, -0.15) is 0 Å². The minimum atomic E-state index is -2.60. The Morgan fingerprint density at radius 3 is 2.62 bits per heavy atom. The van der Waals surface area contributed by atoms with Crippen molar-refractivity contribution >= 4 is 21.6 Å². The van der Waals surface area contributed by atoms with E-state index in [4.69, 9.17) is 11.5 Å². The zero-order valence-corrected chi connectivity index (χ0v) is 8.18. The lowest BCUT2D eigenvalue weighted by molar-refractivity contribution is 0.150. The normalized spacial score (nSPS) is 10.8. The van der Waals surface area contributed by atoms with E-state index in [2.05, 4.69) is 20.9 Å². The number of nitrogens with two attached hydrogens (primary N) is 2. The van der Waals surface area contributed by atoms with Crippen LogP contribution in [0.5, 0.6) is 0 Å². The van der Waals surface area contributed by atoms with Crippen molar-refractivity contribution in [2.75, 3.05) is 5.73 Å². The van der Waals surface area contributed by atoms with Crippen LogP contribution in [-0.4, -0.2) is 4.98 Å². The molecule has 0 atom stereocenters. The first-order valence-corrected chi connectivity index (χ1v) is 4.28. The second-order valence-corrected chi connectivity index (χ2v) is 3.15. The van der Waals surface area contributed by atoms with E-state index < -0.39 is 6.43 Å². The standard InChI is InChI=1S/C7H8BrF2N3/c8-6-5(12)3(1-11)4(2-13-6)7(9)10/h2,7H,1,11-12H2. The van der Waals surface area contributed by atoms with Gasteiger partial charge in [0.2, 0.25) is 0 Å². The summed E-state index contributed by atoms with van der Waals surface area (Å²) in [5.74, 6) is 0. The number of aromatic nitrogens is 1. The maximum absolute atomic E-state index is 12.4. The molecule has 0 amide bonds. The second kappa shape index (κ2) is 3.97. The average molecular weight is 252 g/mol. The molecule has 0 aromatic carbocycles. The fraction of sp³-hybridized carbons (Fsp3) is 0.286. The number of halogens is 3. The van der Waals surface area contributed by atoms with Crippen LogP contribution in [0.15, 0.2) is 10.8 Å². The van der Waals surface area contributed by atoms with E-state index >= 15 is 0 Å². The van der Waals surface area contributed by atoms with Gasteiger partial charge in [-0.1, -0.05) is 0 Å². The number of nitrogens with zero attached hydrogens (tertiary/aromatic N) is 1. The van der Waals surface area contributed by atoms with Crippen LogP contribution >= 0.6 is 15.9 Å². The highest BCUT2D eigenvalue weighted by molar-refractivity contribution is 9.10. The van der Waals surface area contributed by atoms with E-state index in [1.54, 1.807) is 0 Å². The fourth-order valence-corrected chi connectivity index (χ4v) is 1.31. The van der Waals surface area contributed by atoms with Gasteiger partial charge in [0, 0.05) is 23.9 Å². The molecule has 1 aromatic rings. The first-order valence-electron chi connectivity index (χ1n) is 3.49. The Kier molecular flexibility index (Phi) is 3.16. The Labute approximate surface area is 82.3 Å². The Morgan fingerprint density at radius 2 is 2.15 bits per heavy atom. The van der Waals surface area contributed by atoms with Crippen LogP contribution in [0.25, 0.3) is 0 Å². The summed E-state index contributed by atoms with van der Waals surface area (Å²) < 4.78 is 25.1. The number of hydrogen-bond donors (Lipinski definition) is 2. The summed E-state index contributed by atoms with van der Waals surface area (Å²) in [5, 5.41) is 0. The molecule has 0 aliphatic heterocycles. The third-order valence-electron chi connectivity index (χ3n) is 1.65. The molecule has 0 aliphatic carbocycles. The van der Waals surface area contributed by atoms with Crippen molar-refractivity contribution in [1.82, 2.24) is 4.98 Å². The second-order valence-electron chi connectivity index (χ2n) is 2.40. The average Bonchev–Trinajstić information content (AvgIpc) is 2.09. The first-order chi connectivity index (χ1) is 6.07. The van der Waals surface area contributed by atoms with E-state index in [1.807, 2.05) is 0 Å². The Bertz CT molecular complexity index is 317. The third kappa shape index (κ3) is 1.94. The predicted molar refractivity (Wildman–Crippen MR) is 49.2 cm³/mol. The van der Waals surface area contributed by atoms with E-state index in [1.165, 1.54) is 0 Å². The van der Waals surface area contributed by atoms with Gasteiger partial charge < -0.3 is 11.5 Å². The van der Waals surface area contributed by atoms with Crippen molar-refractivity contribution in [3.8, 4) is 0 Å². The van der Waals surface area contributed by atoms with Gasteiger partial charge in [-0.3, -0.25) is 0 Å². The topological polar surface area (TPSA) is 64.9 Å². The smallest absolute Gasteiger partial charge is 0.265 e. The van der Waals surface area contributed by atoms with Crippen LogP contribution in [-0.2, 0) is 6.54 Å². The highest BCUT2D eigenvalue weighted by Gasteiger charge is 2.16. The monoisotopic (exact) mass is 251 g/mol. The molecule has 0 aliphatic rings. The number of nitrogen functional groups attached to an aromatic ring is 1. The molecule has 0 saturated heterocycles. The molecular weight excluding hydrogens is 244 g/mol. The van der Waals surface area contributed by atoms with E-state index in [0.29, 0.717) is 4.60 Å². The van der Waals surface area contributed by atoms with Gasteiger partial charge in [0.15, 0.2) is 0 Å². The summed E-state index contributed by atoms with van der Waals surface area (Å²) in [6.07, 6.45) is -1.52. The summed E-state index contributed by atoms with van der Waals surface area (Å²) in [5.41, 5.74) is 11.0. The van der Waals surface area contributed by atoms with Crippen molar-refractivity contribution in [3.05, 3.63) is 21.9 Å². The number of rotatable bonds is 2. The van der Waals surface area contributed by atoms with Crippen molar-refractivity contribution in [1.29, 1.82) is 0 Å². The molecule has 0 bridgehead atoms. The van der Waals surface area contributed by atoms with Crippen molar-refractivity contribution in [2.45, 2.75) is 13.0 Å². The lowest BCUT2D eigenvalue weighted by Crippen LogP contribution is -2.08. The summed E-state index contributed by atoms with van der Waals surface area (Å²) in [7, 11) is 0. The molecule has 13 heavy (non-hydrogen) atoms. The number of hydrogen-bond acceptors (Lipinski definition) is 3. The number of anilines is 1. The molecule has 1 aromatic heterocycles. The third-order valence-corrected chi connectivity index (χ3v) is 2.28. The minimum Gasteiger partial charge on any atom is -0.396 e. The Morgan fingerprint density at radius 1 is 1.54 bits per heavy atom. The lowest BCUT2D eigenvalue weighted by Gasteiger charge is -2.10. The molecular formula is C7H8BrF2N3. The zero-order valence-electron chi connectivity index (χ0n) is 6.60. The van der Waals surface area contributed by atoms with Crippen LogP contribution in [0.4, 0.5) is 14.5 Å². The quantitative estimate of drug-likeness (QED) is 0.789. The number of alkyl halides is 2. The molecule has 0 radical (unpaired) electrons. The van der Waals surface area contributed by atoms with Gasteiger partial charge in [-0.15, -0.1) is 0 Å². The SMILES string of the molecule is NCc1c(C(F)F)cnc(Br)c1N.